The van der Waals surface area contributed by atoms with Crippen LogP contribution in [0.2, 0.25) is 0 Å². The molecule has 0 heterocycles. The van der Waals surface area contributed by atoms with Crippen molar-refractivity contribution in [3.8, 4) is 0 Å². The summed E-state index contributed by atoms with van der Waals surface area (Å²) in [5.41, 5.74) is 5.01. The second kappa shape index (κ2) is 5.08. The van der Waals surface area contributed by atoms with E-state index in [0.29, 0.717) is 0 Å². The van der Waals surface area contributed by atoms with Crippen molar-refractivity contribution >= 4 is 0 Å². The van der Waals surface area contributed by atoms with Gasteiger partial charge in [-0.05, 0) is 18.5 Å². The smallest absolute Gasteiger partial charge is 0.0341 e. The van der Waals surface area contributed by atoms with Crippen LogP contribution in [0.15, 0.2) is 25.1 Å². The van der Waals surface area contributed by atoms with Gasteiger partial charge in [-0.2, -0.15) is 0 Å². The first-order valence-corrected chi connectivity index (χ1v) is 2.13. The molecule has 2 nitrogen and oxygen atoms in total. The van der Waals surface area contributed by atoms with E-state index in [9.17, 15) is 0 Å². The molecule has 0 saturated heterocycles. The van der Waals surface area contributed by atoms with Crippen LogP contribution >= 0.6 is 0 Å². The summed E-state index contributed by atoms with van der Waals surface area (Å²) in [7, 11) is 0. The minimum Gasteiger partial charge on any atom is -0.405 e. The molecule has 0 saturated carbocycles. The Morgan fingerprint density at radius 2 is 2.43 bits per heavy atom. The van der Waals surface area contributed by atoms with Crippen LogP contribution in [-0.2, 0) is 0 Å². The molecular weight excluding hydrogens is 88.1 g/mol. The number of hydrogen-bond donors (Lipinski definition) is 2. The minimum atomic E-state index is 0.764. The van der Waals surface area contributed by atoms with E-state index >= 15 is 0 Å². The van der Waals surface area contributed by atoms with Crippen LogP contribution in [0.1, 0.15) is 0 Å². The van der Waals surface area contributed by atoms with Gasteiger partial charge >= 0.3 is 0 Å². The van der Waals surface area contributed by atoms with Gasteiger partial charge in [-0.15, -0.1) is 0 Å². The number of nitrogens with two attached hydrogens (primary N) is 1. The number of rotatable bonds is 3. The highest BCUT2D eigenvalue weighted by atomic mass is 14.8. The molecule has 0 bridgehead atoms. The average Bonchev–Trinajstić information content (AvgIpc) is 1.69. The zero-order valence-corrected chi connectivity index (χ0v) is 4.22. The van der Waals surface area contributed by atoms with E-state index in [0.717, 1.165) is 6.54 Å². The van der Waals surface area contributed by atoms with Gasteiger partial charge in [0.05, 0.1) is 0 Å². The van der Waals surface area contributed by atoms with Gasteiger partial charge < -0.3 is 11.1 Å². The van der Waals surface area contributed by atoms with Crippen molar-refractivity contribution in [2.45, 2.75) is 0 Å². The lowest BCUT2D eigenvalue weighted by Gasteiger charge is -1.87. The molecule has 0 aliphatic heterocycles. The summed E-state index contributed by atoms with van der Waals surface area (Å²) in [6.07, 6.45) is 4.93. The summed E-state index contributed by atoms with van der Waals surface area (Å²) >= 11 is 0. The van der Waals surface area contributed by atoms with E-state index in [1.165, 1.54) is 6.20 Å². The van der Waals surface area contributed by atoms with E-state index in [2.05, 4.69) is 11.9 Å². The van der Waals surface area contributed by atoms with Gasteiger partial charge in [0.15, 0.2) is 0 Å². The molecule has 40 valence electrons. The maximum Gasteiger partial charge on any atom is 0.0341 e. The van der Waals surface area contributed by atoms with E-state index in [4.69, 9.17) is 5.73 Å². The first-order chi connectivity index (χ1) is 3.41. The Morgan fingerprint density at radius 3 is 2.86 bits per heavy atom. The Morgan fingerprint density at radius 1 is 1.71 bits per heavy atom. The fourth-order valence-electron chi connectivity index (χ4n) is 0.219. The summed E-state index contributed by atoms with van der Waals surface area (Å²) in [6.45, 7) is 4.21. The molecule has 0 unspecified atom stereocenters. The molecule has 0 aliphatic carbocycles. The molecule has 0 fully saturated rings. The van der Waals surface area contributed by atoms with Crippen molar-refractivity contribution in [2.75, 3.05) is 6.54 Å². The molecule has 0 aromatic carbocycles. The van der Waals surface area contributed by atoms with Gasteiger partial charge in [-0.3, -0.25) is 0 Å². The van der Waals surface area contributed by atoms with Crippen LogP contribution in [0.25, 0.3) is 0 Å². The highest BCUT2D eigenvalue weighted by Crippen LogP contribution is 1.59. The Hall–Kier alpha value is -0.920. The molecule has 7 heavy (non-hydrogen) atoms. The van der Waals surface area contributed by atoms with E-state index in [1.807, 2.05) is 6.08 Å². The first-order valence-electron chi connectivity index (χ1n) is 2.13. The predicted octanol–water partition coefficient (Wildman–Crippen LogP) is 0.192. The van der Waals surface area contributed by atoms with E-state index in [1.54, 1.807) is 6.20 Å². The highest BCUT2D eigenvalue weighted by molar-refractivity contribution is 4.80. The van der Waals surface area contributed by atoms with Gasteiger partial charge in [-0.25, -0.2) is 0 Å². The summed E-state index contributed by atoms with van der Waals surface area (Å²) < 4.78 is 0. The lowest BCUT2D eigenvalue weighted by atomic mass is 10.6. The average molecular weight is 98.1 g/mol. The lowest BCUT2D eigenvalue weighted by molar-refractivity contribution is 0.987. The van der Waals surface area contributed by atoms with Gasteiger partial charge in [0, 0.05) is 6.54 Å². The summed E-state index contributed by atoms with van der Waals surface area (Å²) in [4.78, 5) is 0. The number of nitrogens with one attached hydrogen (secondary N) is 1. The molecule has 0 aromatic heterocycles. The van der Waals surface area contributed by atoms with Crippen LogP contribution < -0.4 is 11.1 Å². The second-order valence-electron chi connectivity index (χ2n) is 1.04. The fraction of sp³-hybridized carbons (Fsp3) is 0.200. The SMILES string of the molecule is C=CNC/C=C\N. The summed E-state index contributed by atoms with van der Waals surface area (Å²) in [5.74, 6) is 0. The first kappa shape index (κ1) is 6.08. The van der Waals surface area contributed by atoms with Gasteiger partial charge in [0.1, 0.15) is 0 Å². The molecule has 0 atom stereocenters. The van der Waals surface area contributed by atoms with Crippen LogP contribution in [0.4, 0.5) is 0 Å². The molecule has 0 aromatic rings. The molecule has 0 spiro atoms. The molecule has 2 heteroatoms. The van der Waals surface area contributed by atoms with Crippen molar-refractivity contribution in [2.24, 2.45) is 5.73 Å². The molecule has 0 rings (SSSR count). The van der Waals surface area contributed by atoms with Crippen LogP contribution in [0.5, 0.6) is 0 Å². The standard InChI is InChI=1S/C5H10N2/c1-2-7-5-3-4-6/h2-4,7H,1,5-6H2/b4-3-. The Bertz CT molecular complexity index is 66.5. The van der Waals surface area contributed by atoms with E-state index in [-0.39, 0.29) is 0 Å². The van der Waals surface area contributed by atoms with E-state index < -0.39 is 0 Å². The van der Waals surface area contributed by atoms with Crippen LogP contribution in [0, 0.1) is 0 Å². The molecule has 0 radical (unpaired) electrons. The highest BCUT2D eigenvalue weighted by Gasteiger charge is 1.63. The third kappa shape index (κ3) is 5.08. The zero-order chi connectivity index (χ0) is 5.54. The Balaban J connectivity index is 2.82. The Kier molecular flexibility index (Phi) is 4.41. The predicted molar refractivity (Wildman–Crippen MR) is 31.5 cm³/mol. The minimum absolute atomic E-state index is 0.764. The van der Waals surface area contributed by atoms with Gasteiger partial charge in [0.2, 0.25) is 0 Å². The monoisotopic (exact) mass is 98.1 g/mol. The fourth-order valence-corrected chi connectivity index (χ4v) is 0.219. The summed E-state index contributed by atoms with van der Waals surface area (Å²) in [5, 5.41) is 2.85. The largest absolute Gasteiger partial charge is 0.405 e. The van der Waals surface area contributed by atoms with Crippen molar-refractivity contribution in [1.29, 1.82) is 0 Å². The number of hydrogen-bond acceptors (Lipinski definition) is 2. The van der Waals surface area contributed by atoms with Crippen molar-refractivity contribution in [3.63, 3.8) is 0 Å². The maximum atomic E-state index is 5.01. The molecular formula is C5H10N2. The Labute approximate surface area is 43.7 Å². The van der Waals surface area contributed by atoms with Crippen molar-refractivity contribution in [3.05, 3.63) is 25.1 Å². The summed E-state index contributed by atoms with van der Waals surface area (Å²) in [6, 6.07) is 0. The molecule has 0 amide bonds. The topological polar surface area (TPSA) is 38.0 Å². The third-order valence-electron chi connectivity index (χ3n) is 0.516. The quantitative estimate of drug-likeness (QED) is 0.494. The molecule has 3 N–H and O–H groups in total. The van der Waals surface area contributed by atoms with Crippen molar-refractivity contribution in [1.82, 2.24) is 5.32 Å². The third-order valence-corrected chi connectivity index (χ3v) is 0.516. The zero-order valence-electron chi connectivity index (χ0n) is 4.22. The lowest BCUT2D eigenvalue weighted by Crippen LogP contribution is -2.02. The van der Waals surface area contributed by atoms with Gasteiger partial charge in [0.25, 0.3) is 0 Å². The van der Waals surface area contributed by atoms with Crippen LogP contribution in [-0.4, -0.2) is 6.54 Å². The second-order valence-corrected chi connectivity index (χ2v) is 1.04. The molecule has 0 aliphatic rings. The van der Waals surface area contributed by atoms with Crippen molar-refractivity contribution < 1.29 is 0 Å². The van der Waals surface area contributed by atoms with Gasteiger partial charge in [-0.1, -0.05) is 6.58 Å². The normalized spacial score (nSPS) is 9.14. The van der Waals surface area contributed by atoms with Crippen LogP contribution in [0.3, 0.4) is 0 Å². The maximum absolute atomic E-state index is 5.01.